The maximum absolute atomic E-state index is 2.40. The molecule has 0 aliphatic carbocycles. The van der Waals surface area contributed by atoms with Crippen molar-refractivity contribution in [2.75, 3.05) is 11.9 Å². The third-order valence-corrected chi connectivity index (χ3v) is 4.12. The summed E-state index contributed by atoms with van der Waals surface area (Å²) in [5.41, 5.74) is 2.92. The molecule has 16 heavy (non-hydrogen) atoms. The van der Waals surface area contributed by atoms with E-state index in [1.165, 1.54) is 22.0 Å². The molecule has 0 fully saturated rings. The van der Waals surface area contributed by atoms with Gasteiger partial charge in [-0.1, -0.05) is 37.3 Å². The summed E-state index contributed by atoms with van der Waals surface area (Å²) in [6.45, 7) is 4.64. The average molecular weight is 211 g/mol. The second kappa shape index (κ2) is 3.24. The lowest BCUT2D eigenvalue weighted by Crippen LogP contribution is -2.25. The van der Waals surface area contributed by atoms with Gasteiger partial charge in [-0.05, 0) is 29.3 Å². The normalized spacial score (nSPS) is 23.8. The Morgan fingerprint density at radius 2 is 1.75 bits per heavy atom. The van der Waals surface area contributed by atoms with Crippen molar-refractivity contribution in [2.45, 2.75) is 25.8 Å². The minimum Gasteiger partial charge on any atom is -0.371 e. The Balaban J connectivity index is 2.36. The lowest BCUT2D eigenvalue weighted by molar-refractivity contribution is 0.628. The van der Waals surface area contributed by atoms with E-state index in [1.807, 2.05) is 0 Å². The van der Waals surface area contributed by atoms with Crippen LogP contribution >= 0.6 is 0 Å². The smallest absolute Gasteiger partial charge is 0.0408 e. The van der Waals surface area contributed by atoms with Gasteiger partial charge in [0.05, 0.1) is 0 Å². The van der Waals surface area contributed by atoms with Crippen LogP contribution in [-0.4, -0.2) is 13.1 Å². The van der Waals surface area contributed by atoms with Crippen molar-refractivity contribution in [1.82, 2.24) is 0 Å². The summed E-state index contributed by atoms with van der Waals surface area (Å²) < 4.78 is 0. The summed E-state index contributed by atoms with van der Waals surface area (Å²) in [6.07, 6.45) is 0. The fraction of sp³-hybridized carbons (Fsp3) is 0.333. The van der Waals surface area contributed by atoms with Gasteiger partial charge < -0.3 is 4.90 Å². The van der Waals surface area contributed by atoms with Gasteiger partial charge in [-0.25, -0.2) is 0 Å². The molecule has 0 saturated carbocycles. The zero-order valence-corrected chi connectivity index (χ0v) is 10.1. The second-order valence-electron chi connectivity index (χ2n) is 4.86. The molecule has 0 spiro atoms. The van der Waals surface area contributed by atoms with Crippen molar-refractivity contribution in [3.8, 4) is 0 Å². The van der Waals surface area contributed by atoms with Crippen molar-refractivity contribution >= 4 is 16.5 Å². The van der Waals surface area contributed by atoms with Gasteiger partial charge in [-0.2, -0.15) is 0 Å². The van der Waals surface area contributed by atoms with Gasteiger partial charge >= 0.3 is 0 Å². The predicted molar refractivity (Wildman–Crippen MR) is 70.2 cm³/mol. The second-order valence-corrected chi connectivity index (χ2v) is 4.86. The number of nitrogens with zero attached hydrogens (tertiary/aromatic N) is 1. The highest BCUT2D eigenvalue weighted by Crippen LogP contribution is 2.43. The molecule has 0 N–H and O–H groups in total. The summed E-state index contributed by atoms with van der Waals surface area (Å²) >= 11 is 0. The Morgan fingerprint density at radius 1 is 1.00 bits per heavy atom. The number of fused-ring (bicyclic) bond motifs is 3. The molecule has 2 aromatic carbocycles. The number of hydrogen-bond acceptors (Lipinski definition) is 1. The topological polar surface area (TPSA) is 3.24 Å². The molecular formula is C15H17N. The Morgan fingerprint density at radius 3 is 2.56 bits per heavy atom. The Bertz CT molecular complexity index is 544. The number of rotatable bonds is 0. The van der Waals surface area contributed by atoms with Crippen LogP contribution in [0.4, 0.5) is 5.69 Å². The Hall–Kier alpha value is -1.50. The molecule has 1 aliphatic rings. The molecule has 0 amide bonds. The first-order valence-electron chi connectivity index (χ1n) is 5.94. The zero-order valence-electron chi connectivity index (χ0n) is 10.1. The largest absolute Gasteiger partial charge is 0.371 e. The molecule has 1 heterocycles. The SMILES string of the molecule is C[C@H]1c2c(ccc3ccccc23)N(C)[C@H]1C. The van der Waals surface area contributed by atoms with Gasteiger partial charge in [0.1, 0.15) is 0 Å². The van der Waals surface area contributed by atoms with Crippen molar-refractivity contribution in [1.29, 1.82) is 0 Å². The zero-order chi connectivity index (χ0) is 11.3. The summed E-state index contributed by atoms with van der Waals surface area (Å²) in [5.74, 6) is 0.617. The van der Waals surface area contributed by atoms with Crippen LogP contribution in [0.1, 0.15) is 25.3 Å². The lowest BCUT2D eigenvalue weighted by Gasteiger charge is -2.20. The minimum absolute atomic E-state index is 0.598. The van der Waals surface area contributed by atoms with E-state index in [0.717, 1.165) is 0 Å². The van der Waals surface area contributed by atoms with Crippen molar-refractivity contribution in [3.63, 3.8) is 0 Å². The predicted octanol–water partition coefficient (Wildman–Crippen LogP) is 3.78. The van der Waals surface area contributed by atoms with Gasteiger partial charge in [0, 0.05) is 24.7 Å². The fourth-order valence-corrected chi connectivity index (χ4v) is 2.87. The molecule has 3 rings (SSSR count). The third kappa shape index (κ3) is 1.12. The van der Waals surface area contributed by atoms with E-state index < -0.39 is 0 Å². The molecule has 1 nitrogen and oxygen atoms in total. The number of benzene rings is 2. The van der Waals surface area contributed by atoms with E-state index in [2.05, 4.69) is 62.2 Å². The minimum atomic E-state index is 0.598. The first kappa shape index (κ1) is 9.71. The molecule has 1 heteroatoms. The highest BCUT2D eigenvalue weighted by molar-refractivity contribution is 5.92. The van der Waals surface area contributed by atoms with Crippen LogP contribution in [-0.2, 0) is 0 Å². The first-order valence-corrected chi connectivity index (χ1v) is 5.94. The van der Waals surface area contributed by atoms with Crippen LogP contribution in [0.2, 0.25) is 0 Å². The molecule has 1 aliphatic heterocycles. The van der Waals surface area contributed by atoms with Crippen molar-refractivity contribution in [2.24, 2.45) is 0 Å². The number of anilines is 1. The quantitative estimate of drug-likeness (QED) is 0.641. The van der Waals surface area contributed by atoms with Crippen LogP contribution in [0.3, 0.4) is 0 Å². The van der Waals surface area contributed by atoms with Gasteiger partial charge in [0.2, 0.25) is 0 Å². The lowest BCUT2D eigenvalue weighted by atomic mass is 9.93. The van der Waals surface area contributed by atoms with E-state index in [9.17, 15) is 0 Å². The number of likely N-dealkylation sites (N-methyl/N-ethyl adjacent to an activating group) is 1. The van der Waals surface area contributed by atoms with E-state index in [4.69, 9.17) is 0 Å². The van der Waals surface area contributed by atoms with Crippen LogP contribution in [0.15, 0.2) is 36.4 Å². The number of hydrogen-bond donors (Lipinski definition) is 0. The summed E-state index contributed by atoms with van der Waals surface area (Å²) in [7, 11) is 2.20. The molecule has 0 unspecified atom stereocenters. The van der Waals surface area contributed by atoms with Crippen LogP contribution in [0.5, 0.6) is 0 Å². The molecule has 0 aromatic heterocycles. The molecule has 0 radical (unpaired) electrons. The molecule has 0 bridgehead atoms. The standard InChI is InChI=1S/C15H17N/c1-10-11(2)16(3)14-9-8-12-6-4-5-7-13(12)15(10)14/h4-11H,1-3H3/t10-,11+/m1/s1. The summed E-state index contributed by atoms with van der Waals surface area (Å²) in [5, 5.41) is 2.78. The van der Waals surface area contributed by atoms with Crippen molar-refractivity contribution < 1.29 is 0 Å². The molecule has 82 valence electrons. The van der Waals surface area contributed by atoms with Gasteiger partial charge in [0.25, 0.3) is 0 Å². The van der Waals surface area contributed by atoms with E-state index in [1.54, 1.807) is 0 Å². The average Bonchev–Trinajstić information content (AvgIpc) is 2.55. The van der Waals surface area contributed by atoms with Gasteiger partial charge in [-0.15, -0.1) is 0 Å². The molecule has 0 saturated heterocycles. The van der Waals surface area contributed by atoms with E-state index >= 15 is 0 Å². The summed E-state index contributed by atoms with van der Waals surface area (Å²) in [6, 6.07) is 13.8. The molecular weight excluding hydrogens is 194 g/mol. The summed E-state index contributed by atoms with van der Waals surface area (Å²) in [4.78, 5) is 2.40. The van der Waals surface area contributed by atoms with Crippen LogP contribution in [0, 0.1) is 0 Å². The fourth-order valence-electron chi connectivity index (χ4n) is 2.87. The third-order valence-electron chi connectivity index (χ3n) is 4.12. The maximum atomic E-state index is 2.40. The maximum Gasteiger partial charge on any atom is 0.0408 e. The van der Waals surface area contributed by atoms with E-state index in [0.29, 0.717) is 12.0 Å². The molecule has 2 atom stereocenters. The highest BCUT2D eigenvalue weighted by atomic mass is 15.2. The first-order chi connectivity index (χ1) is 7.70. The van der Waals surface area contributed by atoms with Gasteiger partial charge in [-0.3, -0.25) is 0 Å². The van der Waals surface area contributed by atoms with Crippen LogP contribution < -0.4 is 4.90 Å². The van der Waals surface area contributed by atoms with Crippen LogP contribution in [0.25, 0.3) is 10.8 Å². The Kier molecular flexibility index (Phi) is 1.97. The Labute approximate surface area is 96.7 Å². The van der Waals surface area contributed by atoms with Gasteiger partial charge in [0.15, 0.2) is 0 Å². The molecule has 2 aromatic rings. The van der Waals surface area contributed by atoms with E-state index in [-0.39, 0.29) is 0 Å². The monoisotopic (exact) mass is 211 g/mol. The van der Waals surface area contributed by atoms with Crippen molar-refractivity contribution in [3.05, 3.63) is 42.0 Å². The highest BCUT2D eigenvalue weighted by Gasteiger charge is 2.31.